The van der Waals surface area contributed by atoms with E-state index in [2.05, 4.69) is 11.4 Å². The van der Waals surface area contributed by atoms with Crippen molar-refractivity contribution in [1.82, 2.24) is 10.2 Å². The Balaban J connectivity index is 2.42. The maximum Gasteiger partial charge on any atom is 0.317 e. The monoisotopic (exact) mass is 181 g/mol. The molecule has 0 aromatic heterocycles. The van der Waals surface area contributed by atoms with Gasteiger partial charge in [0, 0.05) is 19.6 Å². The fraction of sp³-hybridized carbons (Fsp3) is 0.778. The molecular weight excluding hydrogens is 166 g/mol. The summed E-state index contributed by atoms with van der Waals surface area (Å²) in [7, 11) is 0. The summed E-state index contributed by atoms with van der Waals surface area (Å²) in [6, 6.07) is 2.17. The third-order valence-corrected chi connectivity index (χ3v) is 2.22. The van der Waals surface area contributed by atoms with Crippen LogP contribution in [0.2, 0.25) is 0 Å². The highest BCUT2D eigenvalue weighted by Gasteiger charge is 2.22. The molecule has 1 saturated heterocycles. The van der Waals surface area contributed by atoms with Crippen LogP contribution >= 0.6 is 0 Å². The molecule has 1 atom stereocenters. The zero-order chi connectivity index (χ0) is 9.68. The highest BCUT2D eigenvalue weighted by molar-refractivity contribution is 5.74. The average molecular weight is 181 g/mol. The molecule has 1 rings (SSSR count). The second kappa shape index (κ2) is 4.70. The fourth-order valence-electron chi connectivity index (χ4n) is 1.53. The molecule has 1 N–H and O–H groups in total. The first-order chi connectivity index (χ1) is 6.27. The van der Waals surface area contributed by atoms with Crippen LogP contribution in [0.4, 0.5) is 4.79 Å². The van der Waals surface area contributed by atoms with Crippen LogP contribution in [-0.2, 0) is 0 Å². The molecule has 0 radical (unpaired) electrons. The molecule has 13 heavy (non-hydrogen) atoms. The first-order valence-corrected chi connectivity index (χ1v) is 4.70. The van der Waals surface area contributed by atoms with Crippen molar-refractivity contribution >= 4 is 6.03 Å². The van der Waals surface area contributed by atoms with Gasteiger partial charge in [-0.15, -0.1) is 0 Å². The molecule has 0 aliphatic carbocycles. The van der Waals surface area contributed by atoms with E-state index >= 15 is 0 Å². The van der Waals surface area contributed by atoms with E-state index in [-0.39, 0.29) is 11.9 Å². The summed E-state index contributed by atoms with van der Waals surface area (Å²) >= 11 is 0. The number of nitriles is 1. The van der Waals surface area contributed by atoms with Crippen LogP contribution in [0.3, 0.4) is 0 Å². The molecule has 2 amide bonds. The Hall–Kier alpha value is -1.24. The van der Waals surface area contributed by atoms with Gasteiger partial charge in [0.15, 0.2) is 0 Å². The van der Waals surface area contributed by atoms with Gasteiger partial charge in [-0.2, -0.15) is 5.26 Å². The van der Waals surface area contributed by atoms with E-state index in [9.17, 15) is 4.79 Å². The van der Waals surface area contributed by atoms with Crippen molar-refractivity contribution in [2.24, 2.45) is 5.92 Å². The molecule has 72 valence electrons. The number of nitrogens with zero attached hydrogens (tertiary/aromatic N) is 2. The van der Waals surface area contributed by atoms with E-state index in [4.69, 9.17) is 5.26 Å². The largest absolute Gasteiger partial charge is 0.338 e. The molecule has 0 aromatic rings. The quantitative estimate of drug-likeness (QED) is 0.654. The van der Waals surface area contributed by atoms with Crippen molar-refractivity contribution in [3.05, 3.63) is 0 Å². The van der Waals surface area contributed by atoms with E-state index in [1.807, 2.05) is 6.92 Å². The van der Waals surface area contributed by atoms with Crippen molar-refractivity contribution in [3.8, 4) is 6.07 Å². The lowest BCUT2D eigenvalue weighted by Crippen LogP contribution is -2.45. The number of piperidine rings is 1. The minimum absolute atomic E-state index is 0.0244. The van der Waals surface area contributed by atoms with Crippen molar-refractivity contribution in [2.45, 2.75) is 19.8 Å². The Bertz CT molecular complexity index is 221. The van der Waals surface area contributed by atoms with Crippen LogP contribution in [0.25, 0.3) is 0 Å². The molecule has 0 bridgehead atoms. The van der Waals surface area contributed by atoms with Gasteiger partial charge in [-0.3, -0.25) is 0 Å². The predicted octanol–water partition coefficient (Wildman–Crippen LogP) is 0.951. The zero-order valence-corrected chi connectivity index (χ0v) is 7.92. The maximum atomic E-state index is 11.4. The first-order valence-electron chi connectivity index (χ1n) is 4.70. The third kappa shape index (κ3) is 2.62. The van der Waals surface area contributed by atoms with Crippen LogP contribution in [0.1, 0.15) is 19.8 Å². The molecule has 1 aliphatic rings. The Kier molecular flexibility index (Phi) is 3.56. The molecule has 0 aromatic carbocycles. The molecule has 1 aliphatic heterocycles. The Labute approximate surface area is 78.5 Å². The van der Waals surface area contributed by atoms with Crippen LogP contribution in [0, 0.1) is 17.2 Å². The van der Waals surface area contributed by atoms with Gasteiger partial charge in [-0.05, 0) is 19.8 Å². The number of carbonyl (C=O) groups is 1. The number of amides is 2. The Morgan fingerprint density at radius 1 is 1.77 bits per heavy atom. The topological polar surface area (TPSA) is 56.1 Å². The molecule has 4 heteroatoms. The predicted molar refractivity (Wildman–Crippen MR) is 49.0 cm³/mol. The van der Waals surface area contributed by atoms with Gasteiger partial charge in [0.05, 0.1) is 12.0 Å². The summed E-state index contributed by atoms with van der Waals surface area (Å²) < 4.78 is 0. The highest BCUT2D eigenvalue weighted by atomic mass is 16.2. The van der Waals surface area contributed by atoms with Gasteiger partial charge in [0.1, 0.15) is 0 Å². The van der Waals surface area contributed by atoms with Gasteiger partial charge >= 0.3 is 6.03 Å². The second-order valence-corrected chi connectivity index (χ2v) is 3.25. The normalized spacial score (nSPS) is 22.2. The van der Waals surface area contributed by atoms with Crippen LogP contribution < -0.4 is 5.32 Å². The van der Waals surface area contributed by atoms with Gasteiger partial charge < -0.3 is 10.2 Å². The summed E-state index contributed by atoms with van der Waals surface area (Å²) in [5.41, 5.74) is 0. The molecule has 4 nitrogen and oxygen atoms in total. The second-order valence-electron chi connectivity index (χ2n) is 3.25. The molecule has 0 saturated carbocycles. The standard InChI is InChI=1S/C9H15N3O/c1-2-11-9(13)12-5-3-4-8(6-10)7-12/h8H,2-5,7H2,1H3,(H,11,13). The van der Waals surface area contributed by atoms with Crippen LogP contribution in [-0.4, -0.2) is 30.6 Å². The lowest BCUT2D eigenvalue weighted by atomic mass is 10.0. The summed E-state index contributed by atoms with van der Waals surface area (Å²) in [6.07, 6.45) is 1.86. The van der Waals surface area contributed by atoms with Crippen LogP contribution in [0.5, 0.6) is 0 Å². The first kappa shape index (κ1) is 9.85. The average Bonchev–Trinajstić information content (AvgIpc) is 2.18. The number of hydrogen-bond acceptors (Lipinski definition) is 2. The molecular formula is C9H15N3O. The molecule has 1 heterocycles. The van der Waals surface area contributed by atoms with Crippen molar-refractivity contribution in [3.63, 3.8) is 0 Å². The van der Waals surface area contributed by atoms with Crippen molar-refractivity contribution < 1.29 is 4.79 Å². The van der Waals surface area contributed by atoms with E-state index in [0.29, 0.717) is 13.1 Å². The fourth-order valence-corrected chi connectivity index (χ4v) is 1.53. The minimum Gasteiger partial charge on any atom is -0.338 e. The van der Waals surface area contributed by atoms with Gasteiger partial charge in [0.25, 0.3) is 0 Å². The van der Waals surface area contributed by atoms with Crippen LogP contribution in [0.15, 0.2) is 0 Å². The molecule has 1 fully saturated rings. The van der Waals surface area contributed by atoms with E-state index in [0.717, 1.165) is 19.4 Å². The summed E-state index contributed by atoms with van der Waals surface area (Å²) in [5, 5.41) is 11.4. The van der Waals surface area contributed by atoms with E-state index in [1.165, 1.54) is 0 Å². The minimum atomic E-state index is -0.0394. The lowest BCUT2D eigenvalue weighted by Gasteiger charge is -2.29. The van der Waals surface area contributed by atoms with Crippen molar-refractivity contribution in [2.75, 3.05) is 19.6 Å². The number of carbonyl (C=O) groups excluding carboxylic acids is 1. The number of urea groups is 1. The maximum absolute atomic E-state index is 11.4. The molecule has 0 spiro atoms. The summed E-state index contributed by atoms with van der Waals surface area (Å²) in [6.45, 7) is 3.91. The lowest BCUT2D eigenvalue weighted by molar-refractivity contribution is 0.177. The van der Waals surface area contributed by atoms with Crippen molar-refractivity contribution in [1.29, 1.82) is 5.26 Å². The summed E-state index contributed by atoms with van der Waals surface area (Å²) in [5.74, 6) is 0.0244. The SMILES string of the molecule is CCNC(=O)N1CCCC(C#N)C1. The Morgan fingerprint density at radius 3 is 3.15 bits per heavy atom. The Morgan fingerprint density at radius 2 is 2.54 bits per heavy atom. The van der Waals surface area contributed by atoms with E-state index in [1.54, 1.807) is 4.90 Å². The summed E-state index contributed by atoms with van der Waals surface area (Å²) in [4.78, 5) is 13.1. The van der Waals surface area contributed by atoms with Gasteiger partial charge in [-0.1, -0.05) is 0 Å². The smallest absolute Gasteiger partial charge is 0.317 e. The number of rotatable bonds is 1. The van der Waals surface area contributed by atoms with E-state index < -0.39 is 0 Å². The zero-order valence-electron chi connectivity index (χ0n) is 7.92. The highest BCUT2D eigenvalue weighted by Crippen LogP contribution is 2.14. The third-order valence-electron chi connectivity index (χ3n) is 2.22. The number of nitrogens with one attached hydrogen (secondary N) is 1. The van der Waals surface area contributed by atoms with Gasteiger partial charge in [0.2, 0.25) is 0 Å². The molecule has 1 unspecified atom stereocenters. The number of likely N-dealkylation sites (tertiary alicyclic amines) is 1. The number of hydrogen-bond donors (Lipinski definition) is 1. The van der Waals surface area contributed by atoms with Gasteiger partial charge in [-0.25, -0.2) is 4.79 Å².